The Morgan fingerprint density at radius 3 is 2.81 bits per heavy atom. The van der Waals surface area contributed by atoms with Crippen molar-refractivity contribution in [2.24, 2.45) is 0 Å². The molecule has 21 heavy (non-hydrogen) atoms. The Morgan fingerprint density at radius 2 is 2.00 bits per heavy atom. The zero-order valence-corrected chi connectivity index (χ0v) is 12.9. The topological polar surface area (TPSA) is 29.9 Å². The number of nitrogens with zero attached hydrogens (tertiary/aromatic N) is 2. The lowest BCUT2D eigenvalue weighted by Gasteiger charge is -2.23. The Hall–Kier alpha value is -1.61. The largest absolute Gasteiger partial charge is 0.313 e. The molecule has 0 saturated heterocycles. The Balaban J connectivity index is 1.92. The summed E-state index contributed by atoms with van der Waals surface area (Å²) in [6, 6.07) is 8.66. The van der Waals surface area contributed by atoms with Crippen LogP contribution in [0.25, 0.3) is 5.69 Å². The Labute approximate surface area is 127 Å². The third-order valence-corrected chi connectivity index (χ3v) is 4.51. The summed E-state index contributed by atoms with van der Waals surface area (Å²) in [5, 5.41) is 3.43. The van der Waals surface area contributed by atoms with Gasteiger partial charge in [0.1, 0.15) is 0 Å². The number of hydrogen-bond donors (Lipinski definition) is 1. The van der Waals surface area contributed by atoms with E-state index >= 15 is 0 Å². The molecule has 1 saturated carbocycles. The van der Waals surface area contributed by atoms with Gasteiger partial charge in [0.25, 0.3) is 0 Å². The Bertz CT molecular complexity index is 567. The monoisotopic (exact) mass is 283 g/mol. The molecule has 0 aliphatic heterocycles. The minimum absolute atomic E-state index is 0.674. The number of nitrogens with one attached hydrogen (secondary N) is 1. The van der Waals surface area contributed by atoms with Gasteiger partial charge in [-0.3, -0.25) is 0 Å². The Morgan fingerprint density at radius 1 is 1.19 bits per heavy atom. The van der Waals surface area contributed by atoms with E-state index < -0.39 is 0 Å². The van der Waals surface area contributed by atoms with Gasteiger partial charge in [-0.2, -0.15) is 0 Å². The highest BCUT2D eigenvalue weighted by molar-refractivity contribution is 5.42. The molecule has 0 spiro atoms. The number of rotatable bonds is 5. The van der Waals surface area contributed by atoms with Gasteiger partial charge in [-0.05, 0) is 31.0 Å². The van der Waals surface area contributed by atoms with Crippen molar-refractivity contribution in [3.63, 3.8) is 0 Å². The summed E-state index contributed by atoms with van der Waals surface area (Å²) in [5.74, 6) is 0.674. The van der Waals surface area contributed by atoms with Crippen LogP contribution >= 0.6 is 0 Å². The van der Waals surface area contributed by atoms with E-state index in [0.29, 0.717) is 5.92 Å². The van der Waals surface area contributed by atoms with Gasteiger partial charge in [-0.1, -0.05) is 44.4 Å². The van der Waals surface area contributed by atoms with Crippen molar-refractivity contribution in [3.8, 4) is 5.69 Å². The number of hydrogen-bond acceptors (Lipinski definition) is 2. The lowest BCUT2D eigenvalue weighted by molar-refractivity contribution is 0.433. The van der Waals surface area contributed by atoms with Crippen molar-refractivity contribution >= 4 is 0 Å². The number of para-hydroxylation sites is 1. The van der Waals surface area contributed by atoms with Crippen molar-refractivity contribution < 1.29 is 0 Å². The second-order valence-corrected chi connectivity index (χ2v) is 5.93. The molecule has 3 nitrogen and oxygen atoms in total. The van der Waals surface area contributed by atoms with E-state index in [1.165, 1.54) is 49.0 Å². The van der Waals surface area contributed by atoms with Crippen molar-refractivity contribution in [1.82, 2.24) is 14.9 Å². The fourth-order valence-corrected chi connectivity index (χ4v) is 3.36. The highest BCUT2D eigenvalue weighted by atomic mass is 15.1. The van der Waals surface area contributed by atoms with Crippen LogP contribution in [0.2, 0.25) is 0 Å². The van der Waals surface area contributed by atoms with Crippen molar-refractivity contribution in [3.05, 3.63) is 48.0 Å². The molecule has 1 N–H and O–H groups in total. The maximum Gasteiger partial charge on any atom is 0.0994 e. The lowest BCUT2D eigenvalue weighted by Crippen LogP contribution is -2.15. The molecule has 1 aliphatic rings. The van der Waals surface area contributed by atoms with E-state index in [1.807, 2.05) is 6.33 Å². The van der Waals surface area contributed by atoms with Crippen LogP contribution in [-0.2, 0) is 6.54 Å². The summed E-state index contributed by atoms with van der Waals surface area (Å²) in [4.78, 5) is 4.44. The van der Waals surface area contributed by atoms with E-state index in [4.69, 9.17) is 0 Å². The smallest absolute Gasteiger partial charge is 0.0994 e. The summed E-state index contributed by atoms with van der Waals surface area (Å²) in [7, 11) is 0. The van der Waals surface area contributed by atoms with Crippen LogP contribution in [-0.4, -0.2) is 16.1 Å². The van der Waals surface area contributed by atoms with E-state index in [0.717, 1.165) is 13.1 Å². The minimum atomic E-state index is 0.674. The van der Waals surface area contributed by atoms with Gasteiger partial charge in [0.15, 0.2) is 0 Å². The molecular weight excluding hydrogens is 258 g/mol. The first kappa shape index (κ1) is 14.3. The summed E-state index contributed by atoms with van der Waals surface area (Å²) in [6.45, 7) is 4.05. The zero-order valence-electron chi connectivity index (χ0n) is 12.9. The van der Waals surface area contributed by atoms with Gasteiger partial charge < -0.3 is 9.88 Å². The van der Waals surface area contributed by atoms with Crippen LogP contribution < -0.4 is 5.32 Å². The summed E-state index contributed by atoms with van der Waals surface area (Å²) < 4.78 is 2.31. The first-order valence-electron chi connectivity index (χ1n) is 8.21. The van der Waals surface area contributed by atoms with Gasteiger partial charge in [0.05, 0.1) is 12.0 Å². The average Bonchev–Trinajstić information content (AvgIpc) is 3.03. The summed E-state index contributed by atoms with van der Waals surface area (Å²) in [5.41, 5.74) is 4.00. The zero-order chi connectivity index (χ0) is 14.5. The molecular formula is C18H25N3. The molecule has 1 aromatic heterocycles. The lowest BCUT2D eigenvalue weighted by atomic mass is 9.87. The maximum atomic E-state index is 4.44. The molecule has 3 heteroatoms. The van der Waals surface area contributed by atoms with Crippen molar-refractivity contribution in [1.29, 1.82) is 0 Å². The first-order valence-corrected chi connectivity index (χ1v) is 8.21. The third kappa shape index (κ3) is 3.18. The fraction of sp³-hybridized carbons (Fsp3) is 0.500. The predicted molar refractivity (Wildman–Crippen MR) is 86.8 cm³/mol. The van der Waals surface area contributed by atoms with Gasteiger partial charge >= 0.3 is 0 Å². The summed E-state index contributed by atoms with van der Waals surface area (Å²) >= 11 is 0. The average molecular weight is 283 g/mol. The van der Waals surface area contributed by atoms with Crippen LogP contribution in [0.15, 0.2) is 36.8 Å². The number of aromatic nitrogens is 2. The molecule has 2 aromatic rings. The quantitative estimate of drug-likeness (QED) is 0.898. The molecule has 0 radical (unpaired) electrons. The van der Waals surface area contributed by atoms with Gasteiger partial charge in [-0.15, -0.1) is 0 Å². The second kappa shape index (κ2) is 6.90. The molecule has 112 valence electrons. The summed E-state index contributed by atoms with van der Waals surface area (Å²) in [6.07, 6.45) is 10.8. The molecule has 0 unspecified atom stereocenters. The molecule has 1 aromatic carbocycles. The second-order valence-electron chi connectivity index (χ2n) is 5.93. The van der Waals surface area contributed by atoms with E-state index in [2.05, 4.69) is 52.3 Å². The maximum absolute atomic E-state index is 4.44. The van der Waals surface area contributed by atoms with Crippen LogP contribution in [0.5, 0.6) is 0 Å². The molecule has 1 fully saturated rings. The number of benzene rings is 1. The first-order chi connectivity index (χ1) is 10.4. The third-order valence-electron chi connectivity index (χ3n) is 4.51. The standard InChI is InChI=1S/C18H25N3/c1-2-19-12-16-10-6-7-11-17(16)21-14-20-13-18(21)15-8-4-3-5-9-15/h6-7,10-11,13-15,19H,2-5,8-9,12H2,1H3. The normalized spacial score (nSPS) is 16.2. The molecule has 1 aliphatic carbocycles. The van der Waals surface area contributed by atoms with Crippen LogP contribution in [0.4, 0.5) is 0 Å². The molecule has 0 atom stereocenters. The molecule has 3 rings (SSSR count). The van der Waals surface area contributed by atoms with Gasteiger partial charge in [0.2, 0.25) is 0 Å². The SMILES string of the molecule is CCNCc1ccccc1-n1cncc1C1CCCCC1. The highest BCUT2D eigenvalue weighted by Crippen LogP contribution is 2.33. The molecule has 0 bridgehead atoms. The Kier molecular flexibility index (Phi) is 4.71. The van der Waals surface area contributed by atoms with Crippen molar-refractivity contribution in [2.45, 2.75) is 51.5 Å². The van der Waals surface area contributed by atoms with Crippen LogP contribution in [0, 0.1) is 0 Å². The minimum Gasteiger partial charge on any atom is -0.313 e. The predicted octanol–water partition coefficient (Wildman–Crippen LogP) is 4.03. The van der Waals surface area contributed by atoms with Crippen LogP contribution in [0.1, 0.15) is 56.2 Å². The van der Waals surface area contributed by atoms with E-state index in [1.54, 1.807) is 0 Å². The molecule has 1 heterocycles. The fourth-order valence-electron chi connectivity index (χ4n) is 3.36. The number of imidazole rings is 1. The van der Waals surface area contributed by atoms with Crippen LogP contribution in [0.3, 0.4) is 0 Å². The van der Waals surface area contributed by atoms with E-state index in [-0.39, 0.29) is 0 Å². The van der Waals surface area contributed by atoms with Gasteiger partial charge in [-0.25, -0.2) is 4.98 Å². The highest BCUT2D eigenvalue weighted by Gasteiger charge is 2.20. The molecule has 0 amide bonds. The van der Waals surface area contributed by atoms with Gasteiger partial charge in [0, 0.05) is 24.4 Å². The van der Waals surface area contributed by atoms with Crippen molar-refractivity contribution in [2.75, 3.05) is 6.54 Å². The van der Waals surface area contributed by atoms with E-state index in [9.17, 15) is 0 Å².